The molecule has 4 aromatic rings. The maximum Gasteiger partial charge on any atom is 1.00 e. The molecule has 0 aliphatic carbocycles. The molecule has 0 saturated carbocycles. The van der Waals surface area contributed by atoms with Gasteiger partial charge in [-0.05, 0) is 40.8 Å². The van der Waals surface area contributed by atoms with Gasteiger partial charge in [0.25, 0.3) is 5.91 Å². The molecule has 2 aromatic heterocycles. The number of carbonyl (C=O) groups is 1. The fourth-order valence-electron chi connectivity index (χ4n) is 2.33. The van der Waals surface area contributed by atoms with Crippen LogP contribution in [-0.4, -0.2) is 11.1 Å². The Kier molecular flexibility index (Phi) is 9.28. The van der Waals surface area contributed by atoms with Gasteiger partial charge in [-0.15, -0.1) is 29.7 Å². The van der Waals surface area contributed by atoms with Crippen molar-refractivity contribution in [2.24, 2.45) is 0 Å². The Hall–Kier alpha value is -0.804. The van der Waals surface area contributed by atoms with E-state index < -0.39 is 0 Å². The van der Waals surface area contributed by atoms with Gasteiger partial charge in [0.15, 0.2) is 0 Å². The van der Waals surface area contributed by atoms with Crippen molar-refractivity contribution in [1.29, 1.82) is 0 Å². The Labute approximate surface area is 225 Å². The fourth-order valence-corrected chi connectivity index (χ4v) is 3.65. The first-order valence-electron chi connectivity index (χ1n) is 8.63. The van der Waals surface area contributed by atoms with Crippen molar-refractivity contribution in [3.63, 3.8) is 0 Å². The summed E-state index contributed by atoms with van der Waals surface area (Å²) in [6.45, 7) is 6.21. The zero-order valence-electron chi connectivity index (χ0n) is 16.7. The number of halogens is 1. The molecule has 0 saturated heterocycles. The normalized spacial score (nSPS) is 10.6. The van der Waals surface area contributed by atoms with Crippen molar-refractivity contribution < 1.29 is 60.7 Å². The van der Waals surface area contributed by atoms with E-state index in [1.54, 1.807) is 18.2 Å². The minimum absolute atomic E-state index is 0. The number of nitrogens with one attached hydrogen (secondary N) is 1. The van der Waals surface area contributed by atoms with Gasteiger partial charge in [-0.1, -0.05) is 42.4 Å². The average molecular weight is 494 g/mol. The number of hydrogen-bond donors (Lipinski definition) is 1. The van der Waals surface area contributed by atoms with Gasteiger partial charge < -0.3 is 9.84 Å². The van der Waals surface area contributed by atoms with E-state index in [-0.39, 0.29) is 62.7 Å². The SMILES string of the molecule is CC(C)(C)c1c[c-]no1.O=C(Nc1cc[c-]cc1)c1cc2cc(Br)ccc2s1.[K+]. The molecule has 0 aliphatic heterocycles. The van der Waals surface area contributed by atoms with Gasteiger partial charge in [0.1, 0.15) is 0 Å². The number of carbonyl (C=O) groups excluding carboxylic acids is 1. The second-order valence-electron chi connectivity index (χ2n) is 7.11. The largest absolute Gasteiger partial charge is 1.00 e. The van der Waals surface area contributed by atoms with Crippen LogP contribution in [0.15, 0.2) is 63.6 Å². The number of aromatic nitrogens is 1. The van der Waals surface area contributed by atoms with Crippen LogP contribution in [0.1, 0.15) is 36.2 Å². The number of thiophene rings is 1. The molecule has 4 rings (SSSR count). The molecule has 0 spiro atoms. The van der Waals surface area contributed by atoms with Crippen LogP contribution in [-0.2, 0) is 5.41 Å². The first kappa shape index (κ1) is 24.5. The summed E-state index contributed by atoms with van der Waals surface area (Å²) in [5.41, 5.74) is 0.842. The molecule has 0 aliphatic rings. The minimum atomic E-state index is -0.0801. The van der Waals surface area contributed by atoms with Crippen LogP contribution in [0.2, 0.25) is 0 Å². The molecule has 1 N–H and O–H groups in total. The smallest absolute Gasteiger partial charge is 0.470 e. The van der Waals surface area contributed by atoms with Crippen molar-refractivity contribution in [1.82, 2.24) is 5.16 Å². The van der Waals surface area contributed by atoms with Gasteiger partial charge in [-0.3, -0.25) is 4.79 Å². The number of benzene rings is 2. The van der Waals surface area contributed by atoms with Crippen LogP contribution in [0.25, 0.3) is 10.1 Å². The van der Waals surface area contributed by atoms with E-state index in [1.165, 1.54) is 11.3 Å². The zero-order valence-corrected chi connectivity index (χ0v) is 22.3. The van der Waals surface area contributed by atoms with Gasteiger partial charge in [-0.25, -0.2) is 5.16 Å². The molecule has 0 fully saturated rings. The van der Waals surface area contributed by atoms with Gasteiger partial charge in [0.2, 0.25) is 0 Å². The second kappa shape index (κ2) is 11.0. The van der Waals surface area contributed by atoms with Crippen molar-refractivity contribution in [2.45, 2.75) is 26.2 Å². The summed E-state index contributed by atoms with van der Waals surface area (Å²) in [7, 11) is 0. The third kappa shape index (κ3) is 7.13. The summed E-state index contributed by atoms with van der Waals surface area (Å²) >= 11 is 4.93. The standard InChI is InChI=1S/C15H9BrNOS.C7H10NO.K/c16-11-6-7-13-10(8-11)9-14(19-13)15(18)17-12-4-2-1-3-5-12;1-7(2,3)6-4-5-8-9-6;/h2-9H,(H,17,18);4H,1-3H3;/q2*-1;+1. The van der Waals surface area contributed by atoms with Gasteiger partial charge >= 0.3 is 51.4 Å². The van der Waals surface area contributed by atoms with E-state index in [0.717, 1.165) is 26.0 Å². The molecule has 1 amide bonds. The van der Waals surface area contributed by atoms with Gasteiger partial charge in [0.05, 0.1) is 4.88 Å². The third-order valence-electron chi connectivity index (χ3n) is 3.81. The van der Waals surface area contributed by atoms with E-state index in [0.29, 0.717) is 4.88 Å². The van der Waals surface area contributed by atoms with Crippen LogP contribution < -0.4 is 56.7 Å². The Morgan fingerprint density at radius 1 is 1.17 bits per heavy atom. The monoisotopic (exact) mass is 493 g/mol. The predicted molar refractivity (Wildman–Crippen MR) is 117 cm³/mol. The Morgan fingerprint density at radius 2 is 1.90 bits per heavy atom. The summed E-state index contributed by atoms with van der Waals surface area (Å²) < 4.78 is 7.02. The first-order chi connectivity index (χ1) is 13.3. The average Bonchev–Trinajstić information content (AvgIpc) is 3.32. The molecular formula is C22H19BrKN2O2S-. The van der Waals surface area contributed by atoms with Crippen LogP contribution in [0.3, 0.4) is 0 Å². The van der Waals surface area contributed by atoms with Crippen LogP contribution in [0, 0.1) is 12.3 Å². The Morgan fingerprint density at radius 3 is 2.48 bits per heavy atom. The minimum Gasteiger partial charge on any atom is -0.470 e. The third-order valence-corrected chi connectivity index (χ3v) is 5.42. The molecule has 2 aromatic carbocycles. The molecular weight excluding hydrogens is 475 g/mol. The number of nitrogens with zero attached hydrogens (tertiary/aromatic N) is 1. The predicted octanol–water partition coefficient (Wildman–Crippen LogP) is 3.49. The van der Waals surface area contributed by atoms with Crippen molar-refractivity contribution in [3.8, 4) is 0 Å². The fraction of sp³-hybridized carbons (Fsp3) is 0.182. The molecule has 0 atom stereocenters. The molecule has 7 heteroatoms. The number of hydrogen-bond acceptors (Lipinski definition) is 4. The zero-order chi connectivity index (χ0) is 20.1. The Balaban J connectivity index is 0.000000255. The topological polar surface area (TPSA) is 55.1 Å². The molecule has 2 heterocycles. The number of rotatable bonds is 2. The van der Waals surface area contributed by atoms with Crippen molar-refractivity contribution in [2.75, 3.05) is 5.32 Å². The van der Waals surface area contributed by atoms with Crippen LogP contribution in [0.4, 0.5) is 5.69 Å². The molecule has 0 unspecified atom stereocenters. The second-order valence-corrected chi connectivity index (χ2v) is 9.11. The maximum atomic E-state index is 12.1. The number of fused-ring (bicyclic) bond motifs is 1. The molecule has 0 radical (unpaired) electrons. The van der Waals surface area contributed by atoms with Crippen LogP contribution >= 0.6 is 27.3 Å². The summed E-state index contributed by atoms with van der Waals surface area (Å²) in [6, 6.07) is 19.8. The first-order valence-corrected chi connectivity index (χ1v) is 10.2. The molecule has 144 valence electrons. The quantitative estimate of drug-likeness (QED) is 0.343. The van der Waals surface area contributed by atoms with E-state index in [9.17, 15) is 4.79 Å². The van der Waals surface area contributed by atoms with Gasteiger partial charge in [-0.2, -0.15) is 24.3 Å². The number of amides is 1. The van der Waals surface area contributed by atoms with Crippen LogP contribution in [0.5, 0.6) is 0 Å². The van der Waals surface area contributed by atoms with E-state index >= 15 is 0 Å². The summed E-state index contributed by atoms with van der Waals surface area (Å²) in [5.74, 6) is 0.797. The van der Waals surface area contributed by atoms with Crippen molar-refractivity contribution >= 4 is 48.9 Å². The summed E-state index contributed by atoms with van der Waals surface area (Å²) in [6.07, 6.45) is 2.62. The Bertz CT molecular complexity index is 1060. The molecule has 0 bridgehead atoms. The van der Waals surface area contributed by atoms with E-state index in [1.807, 2.05) is 36.4 Å². The van der Waals surface area contributed by atoms with E-state index in [4.69, 9.17) is 4.52 Å². The van der Waals surface area contributed by atoms with Gasteiger partial charge in [0, 0.05) is 9.17 Å². The summed E-state index contributed by atoms with van der Waals surface area (Å²) in [4.78, 5) is 12.9. The van der Waals surface area contributed by atoms with Crippen molar-refractivity contribution in [3.05, 3.63) is 82.0 Å². The maximum absolute atomic E-state index is 12.1. The summed E-state index contributed by atoms with van der Waals surface area (Å²) in [5, 5.41) is 7.44. The number of anilines is 1. The molecule has 4 nitrogen and oxygen atoms in total. The van der Waals surface area contributed by atoms with E-state index in [2.05, 4.69) is 59.4 Å². The molecule has 29 heavy (non-hydrogen) atoms.